The summed E-state index contributed by atoms with van der Waals surface area (Å²) in [5, 5.41) is 0. The summed E-state index contributed by atoms with van der Waals surface area (Å²) in [6, 6.07) is 0. The average Bonchev–Trinajstić information content (AvgIpc) is 1.97. The van der Waals surface area contributed by atoms with Crippen molar-refractivity contribution in [2.75, 3.05) is 13.2 Å². The predicted octanol–water partition coefficient (Wildman–Crippen LogP) is 0.391. The van der Waals surface area contributed by atoms with Crippen LogP contribution in [0.4, 0.5) is 0 Å². The molecule has 0 N–H and O–H groups in total. The Morgan fingerprint density at radius 3 is 1.82 bits per heavy atom. The Balaban J connectivity index is 3.53. The molecule has 7 heteroatoms. The molecule has 0 aromatic heterocycles. The highest BCUT2D eigenvalue weighted by atomic mass is 31.2. The van der Waals surface area contributed by atoms with E-state index in [-0.39, 0.29) is 13.2 Å². The Morgan fingerprint density at radius 2 is 1.55 bits per heavy atom. The lowest BCUT2D eigenvalue weighted by atomic mass is 10.9. The molecule has 6 nitrogen and oxygen atoms in total. The Hall–Kier alpha value is 0.0300. The lowest BCUT2D eigenvalue weighted by Crippen LogP contribution is -2.09. The molecular weight excluding hydrogens is 175 g/mol. The predicted molar refractivity (Wildman–Crippen MR) is 33.0 cm³/mol. The van der Waals surface area contributed by atoms with Gasteiger partial charge in [-0.3, -0.25) is 4.57 Å². The molecule has 0 aromatic rings. The summed E-state index contributed by atoms with van der Waals surface area (Å²) in [6.45, 7) is 3.37. The van der Waals surface area contributed by atoms with Gasteiger partial charge in [-0.05, 0) is 13.8 Å². The minimum absolute atomic E-state index is 0.113. The molecule has 11 heavy (non-hydrogen) atoms. The number of rotatable bonds is 6. The van der Waals surface area contributed by atoms with Crippen molar-refractivity contribution in [3.63, 3.8) is 0 Å². The van der Waals surface area contributed by atoms with Gasteiger partial charge in [-0.15, -0.1) is 0 Å². The Labute approximate surface area is 64.5 Å². The van der Waals surface area contributed by atoms with Gasteiger partial charge in [-0.25, -0.2) is 9.78 Å². The van der Waals surface area contributed by atoms with Gasteiger partial charge in [0.25, 0.3) is 0 Å². The van der Waals surface area contributed by atoms with Crippen molar-refractivity contribution >= 4 is 7.82 Å². The minimum Gasteiger partial charge on any atom is -0.753 e. The van der Waals surface area contributed by atoms with Crippen molar-refractivity contribution in [1.29, 1.82) is 0 Å². The third kappa shape index (κ3) is 6.43. The molecule has 0 atom stereocenters. The molecule has 0 heterocycles. The molecule has 0 saturated heterocycles. The molecule has 0 unspecified atom stereocenters. The molecule has 0 fully saturated rings. The van der Waals surface area contributed by atoms with Crippen LogP contribution in [0.25, 0.3) is 0 Å². The molecule has 0 radical (unpaired) electrons. The smallest absolute Gasteiger partial charge is 0.326 e. The van der Waals surface area contributed by atoms with Crippen LogP contribution in [0.2, 0.25) is 0 Å². The van der Waals surface area contributed by atoms with Gasteiger partial charge in [0, 0.05) is 0 Å². The van der Waals surface area contributed by atoms with Crippen LogP contribution in [0.3, 0.4) is 0 Å². The van der Waals surface area contributed by atoms with Crippen LogP contribution in [0, 0.1) is 0 Å². The molecule has 0 amide bonds. The SMILES string of the molecule is CCOOP(=O)([O-])OOCC. The van der Waals surface area contributed by atoms with Gasteiger partial charge < -0.3 is 4.89 Å². The van der Waals surface area contributed by atoms with E-state index in [9.17, 15) is 9.46 Å². The first kappa shape index (κ1) is 11.0. The second-order valence-electron chi connectivity index (χ2n) is 1.41. The van der Waals surface area contributed by atoms with Gasteiger partial charge in [0.1, 0.15) is 0 Å². The first-order valence-electron chi connectivity index (χ1n) is 3.06. The maximum Gasteiger partial charge on any atom is 0.326 e. The summed E-state index contributed by atoms with van der Waals surface area (Å²) in [6.07, 6.45) is 0. The lowest BCUT2D eigenvalue weighted by molar-refractivity contribution is -0.351. The fourth-order valence-electron chi connectivity index (χ4n) is 0.247. The summed E-state index contributed by atoms with van der Waals surface area (Å²) in [4.78, 5) is 18.7. The van der Waals surface area contributed by atoms with Crippen molar-refractivity contribution < 1.29 is 28.6 Å². The zero-order valence-corrected chi connectivity index (χ0v) is 7.21. The first-order chi connectivity index (χ1) is 5.12. The molecule has 0 aliphatic rings. The number of hydrogen-bond donors (Lipinski definition) is 0. The monoisotopic (exact) mass is 185 g/mol. The van der Waals surface area contributed by atoms with E-state index in [1.54, 1.807) is 13.8 Å². The van der Waals surface area contributed by atoms with Gasteiger partial charge in [0.15, 0.2) is 0 Å². The maximum absolute atomic E-state index is 10.5. The van der Waals surface area contributed by atoms with E-state index in [2.05, 4.69) is 19.1 Å². The van der Waals surface area contributed by atoms with Crippen molar-refractivity contribution in [3.8, 4) is 0 Å². The molecule has 0 saturated carbocycles. The third-order valence-corrected chi connectivity index (χ3v) is 1.10. The molecule has 0 rings (SSSR count). The van der Waals surface area contributed by atoms with Crippen LogP contribution in [-0.4, -0.2) is 13.2 Å². The quantitative estimate of drug-likeness (QED) is 0.338. The standard InChI is InChI=1S/C4H11O6P/c1-3-7-9-11(5,6)10-8-4-2/h3-4H2,1-2H3,(H,5,6)/p-1. The normalized spacial score (nSPS) is 11.9. The summed E-state index contributed by atoms with van der Waals surface area (Å²) < 4.78 is 18.1. The maximum atomic E-state index is 10.5. The van der Waals surface area contributed by atoms with E-state index in [4.69, 9.17) is 0 Å². The van der Waals surface area contributed by atoms with E-state index in [1.165, 1.54) is 0 Å². The minimum atomic E-state index is -4.42. The van der Waals surface area contributed by atoms with Crippen LogP contribution in [-0.2, 0) is 23.7 Å². The van der Waals surface area contributed by atoms with E-state index in [0.717, 1.165) is 0 Å². The highest BCUT2D eigenvalue weighted by Crippen LogP contribution is 2.38. The molecule has 0 bridgehead atoms. The van der Waals surface area contributed by atoms with Crippen molar-refractivity contribution in [2.24, 2.45) is 0 Å². The van der Waals surface area contributed by atoms with Gasteiger partial charge in [0.05, 0.1) is 13.2 Å². The van der Waals surface area contributed by atoms with Crippen molar-refractivity contribution in [3.05, 3.63) is 0 Å². The molecule has 0 aliphatic heterocycles. The average molecular weight is 185 g/mol. The third-order valence-electron chi connectivity index (χ3n) is 0.524. The van der Waals surface area contributed by atoms with Crippen LogP contribution < -0.4 is 4.89 Å². The van der Waals surface area contributed by atoms with Gasteiger partial charge in [-0.2, -0.15) is 9.35 Å². The zero-order valence-electron chi connectivity index (χ0n) is 6.31. The van der Waals surface area contributed by atoms with E-state index < -0.39 is 7.82 Å². The molecule has 0 aliphatic carbocycles. The number of phosphoric acid groups is 1. The van der Waals surface area contributed by atoms with Crippen LogP contribution in [0.15, 0.2) is 0 Å². The Bertz CT molecular complexity index is 125. The summed E-state index contributed by atoms with van der Waals surface area (Å²) in [5.41, 5.74) is 0. The largest absolute Gasteiger partial charge is 0.753 e. The van der Waals surface area contributed by atoms with Crippen molar-refractivity contribution in [2.45, 2.75) is 13.8 Å². The van der Waals surface area contributed by atoms with E-state index >= 15 is 0 Å². The van der Waals surface area contributed by atoms with Crippen LogP contribution in [0.1, 0.15) is 13.8 Å². The van der Waals surface area contributed by atoms with Crippen molar-refractivity contribution in [1.82, 2.24) is 0 Å². The Kier molecular flexibility index (Phi) is 5.67. The first-order valence-corrected chi connectivity index (χ1v) is 4.52. The zero-order chi connectivity index (χ0) is 8.74. The highest BCUT2D eigenvalue weighted by Gasteiger charge is 2.10. The van der Waals surface area contributed by atoms with Crippen LogP contribution >= 0.6 is 7.82 Å². The molecule has 68 valence electrons. The van der Waals surface area contributed by atoms with Gasteiger partial charge in [0.2, 0.25) is 0 Å². The summed E-state index contributed by atoms with van der Waals surface area (Å²) in [7, 11) is -4.42. The highest BCUT2D eigenvalue weighted by molar-refractivity contribution is 7.45. The van der Waals surface area contributed by atoms with E-state index in [0.29, 0.717) is 0 Å². The fourth-order valence-corrected chi connectivity index (χ4v) is 0.741. The van der Waals surface area contributed by atoms with Gasteiger partial charge in [-0.1, -0.05) is 0 Å². The summed E-state index contributed by atoms with van der Waals surface area (Å²) in [5.74, 6) is 0. The number of hydrogen-bond acceptors (Lipinski definition) is 6. The Morgan fingerprint density at radius 1 is 1.18 bits per heavy atom. The van der Waals surface area contributed by atoms with Gasteiger partial charge >= 0.3 is 7.82 Å². The fraction of sp³-hybridized carbons (Fsp3) is 1.00. The lowest BCUT2D eigenvalue weighted by Gasteiger charge is -2.18. The molecule has 0 aromatic carbocycles. The summed E-state index contributed by atoms with van der Waals surface area (Å²) >= 11 is 0. The van der Waals surface area contributed by atoms with Crippen LogP contribution in [0.5, 0.6) is 0 Å². The molecular formula is C4H10O6P-. The topological polar surface area (TPSA) is 77.1 Å². The second-order valence-corrected chi connectivity index (χ2v) is 2.60. The second kappa shape index (κ2) is 5.65. The molecule has 0 spiro atoms. The van der Waals surface area contributed by atoms with E-state index in [1.807, 2.05) is 0 Å².